The van der Waals surface area contributed by atoms with E-state index in [9.17, 15) is 9.50 Å². The molecule has 0 aliphatic rings. The van der Waals surface area contributed by atoms with Crippen molar-refractivity contribution in [2.75, 3.05) is 7.11 Å². The molecule has 0 aliphatic heterocycles. The van der Waals surface area contributed by atoms with Crippen molar-refractivity contribution in [2.24, 2.45) is 0 Å². The summed E-state index contributed by atoms with van der Waals surface area (Å²) in [4.78, 5) is 4.47. The van der Waals surface area contributed by atoms with Crippen LogP contribution in [-0.2, 0) is 6.61 Å². The minimum Gasteiger partial charge on any atom is -0.504 e. The third-order valence-electron chi connectivity index (χ3n) is 4.98. The van der Waals surface area contributed by atoms with Crippen LogP contribution < -0.4 is 9.47 Å². The number of phenols is 1. The van der Waals surface area contributed by atoms with E-state index in [0.29, 0.717) is 40.5 Å². The lowest BCUT2D eigenvalue weighted by Gasteiger charge is -2.16. The van der Waals surface area contributed by atoms with E-state index >= 15 is 0 Å². The van der Waals surface area contributed by atoms with Crippen LogP contribution in [0.3, 0.4) is 0 Å². The van der Waals surface area contributed by atoms with E-state index in [1.807, 2.05) is 36.4 Å². The number of hydrogen-bond donors (Lipinski definition) is 1. The number of nitrogens with zero attached hydrogens (tertiary/aromatic N) is 2. The monoisotopic (exact) mass is 426 g/mol. The maximum atomic E-state index is 14.4. The lowest BCUT2D eigenvalue weighted by Crippen LogP contribution is -2.00. The number of aromatic hydroxyl groups is 1. The van der Waals surface area contributed by atoms with Gasteiger partial charge in [0.25, 0.3) is 0 Å². The third kappa shape index (κ3) is 4.23. The van der Waals surface area contributed by atoms with Crippen LogP contribution in [0.4, 0.5) is 4.39 Å². The molecule has 0 saturated heterocycles. The van der Waals surface area contributed by atoms with Crippen LogP contribution in [0, 0.1) is 17.1 Å². The van der Waals surface area contributed by atoms with Gasteiger partial charge in [-0.15, -0.1) is 0 Å². The largest absolute Gasteiger partial charge is 0.504 e. The minimum atomic E-state index is -0.633. The number of benzene rings is 3. The lowest BCUT2D eigenvalue weighted by molar-refractivity contribution is 0.307. The third-order valence-corrected chi connectivity index (χ3v) is 4.98. The van der Waals surface area contributed by atoms with Crippen molar-refractivity contribution in [2.45, 2.75) is 6.61 Å². The summed E-state index contributed by atoms with van der Waals surface area (Å²) >= 11 is 0. The molecule has 0 spiro atoms. The maximum absolute atomic E-state index is 14.4. The summed E-state index contributed by atoms with van der Waals surface area (Å²) in [6, 6.07) is 22.5. The summed E-state index contributed by atoms with van der Waals surface area (Å²) in [6.07, 6.45) is 1.58. The second kappa shape index (κ2) is 9.19. The van der Waals surface area contributed by atoms with Crippen LogP contribution >= 0.6 is 0 Å². The van der Waals surface area contributed by atoms with Gasteiger partial charge >= 0.3 is 0 Å². The predicted molar refractivity (Wildman–Crippen MR) is 119 cm³/mol. The van der Waals surface area contributed by atoms with Gasteiger partial charge in [0.1, 0.15) is 24.2 Å². The predicted octanol–water partition coefficient (Wildman–Crippen LogP) is 5.72. The van der Waals surface area contributed by atoms with Crippen molar-refractivity contribution in [3.8, 4) is 45.7 Å². The molecule has 1 heterocycles. The summed E-state index contributed by atoms with van der Waals surface area (Å²) in [6.45, 7) is 0.321. The summed E-state index contributed by atoms with van der Waals surface area (Å²) < 4.78 is 25.6. The lowest BCUT2D eigenvalue weighted by atomic mass is 9.97. The molecule has 0 amide bonds. The Morgan fingerprint density at radius 3 is 2.44 bits per heavy atom. The van der Waals surface area contributed by atoms with Gasteiger partial charge in [0.2, 0.25) is 0 Å². The molecule has 0 bridgehead atoms. The zero-order valence-electron chi connectivity index (χ0n) is 17.2. The highest BCUT2D eigenvalue weighted by atomic mass is 19.1. The van der Waals surface area contributed by atoms with Gasteiger partial charge in [-0.25, -0.2) is 4.39 Å². The number of methoxy groups -OCH3 is 1. The van der Waals surface area contributed by atoms with E-state index in [4.69, 9.17) is 14.7 Å². The van der Waals surface area contributed by atoms with Crippen molar-refractivity contribution in [3.05, 3.63) is 95.9 Å². The van der Waals surface area contributed by atoms with Gasteiger partial charge in [0, 0.05) is 11.8 Å². The molecule has 1 aromatic heterocycles. The van der Waals surface area contributed by atoms with E-state index in [-0.39, 0.29) is 11.3 Å². The Bertz CT molecular complexity index is 1300. The number of hydrogen-bond acceptors (Lipinski definition) is 5. The number of aromatic nitrogens is 1. The van der Waals surface area contributed by atoms with E-state index in [1.54, 1.807) is 36.5 Å². The standard InChI is InChI=1S/C26H19FN2O3/c1-31-23-10-9-18(14-22(23)30)25-24(32-16-17-5-3-2-4-6-17)11-12-29-26(25)19-7-8-20(15-28)21(27)13-19/h2-14,30H,16H2,1H3. The average molecular weight is 426 g/mol. The molecule has 5 nitrogen and oxygen atoms in total. The molecule has 0 aliphatic carbocycles. The quantitative estimate of drug-likeness (QED) is 0.427. The van der Waals surface area contributed by atoms with Gasteiger partial charge in [-0.2, -0.15) is 5.26 Å². The summed E-state index contributed by atoms with van der Waals surface area (Å²) in [5.41, 5.74) is 3.10. The first kappa shape index (κ1) is 20.9. The van der Waals surface area contributed by atoms with Crippen molar-refractivity contribution in [1.82, 2.24) is 4.98 Å². The Morgan fingerprint density at radius 2 is 1.75 bits per heavy atom. The summed E-state index contributed by atoms with van der Waals surface area (Å²) in [5.74, 6) is 0.175. The van der Waals surface area contributed by atoms with Gasteiger partial charge in [-0.05, 0) is 41.5 Å². The Labute approximate surface area is 184 Å². The molecule has 32 heavy (non-hydrogen) atoms. The number of rotatable bonds is 6. The van der Waals surface area contributed by atoms with Gasteiger partial charge in [-0.3, -0.25) is 4.98 Å². The van der Waals surface area contributed by atoms with Crippen molar-refractivity contribution in [3.63, 3.8) is 0 Å². The molecule has 3 aromatic carbocycles. The minimum absolute atomic E-state index is 0.0418. The van der Waals surface area contributed by atoms with Crippen molar-refractivity contribution >= 4 is 0 Å². The first-order chi connectivity index (χ1) is 15.6. The maximum Gasteiger partial charge on any atom is 0.160 e. The fourth-order valence-electron chi connectivity index (χ4n) is 3.40. The number of phenolic OH excluding ortho intramolecular Hbond substituents is 1. The second-order valence-corrected chi connectivity index (χ2v) is 7.00. The first-order valence-corrected chi connectivity index (χ1v) is 9.84. The molecular formula is C26H19FN2O3. The molecule has 0 fully saturated rings. The molecular weight excluding hydrogens is 407 g/mol. The number of pyridine rings is 1. The Hall–Kier alpha value is -4.37. The Balaban J connectivity index is 1.85. The van der Waals surface area contributed by atoms with Crippen LogP contribution in [0.15, 0.2) is 79.0 Å². The molecule has 0 unspecified atom stereocenters. The van der Waals surface area contributed by atoms with Gasteiger partial charge in [0.15, 0.2) is 11.5 Å². The van der Waals surface area contributed by atoms with E-state index in [2.05, 4.69) is 4.98 Å². The van der Waals surface area contributed by atoms with Crippen molar-refractivity contribution < 1.29 is 19.0 Å². The highest BCUT2D eigenvalue weighted by Gasteiger charge is 2.18. The molecule has 0 radical (unpaired) electrons. The zero-order valence-corrected chi connectivity index (χ0v) is 17.2. The number of ether oxygens (including phenoxy) is 2. The summed E-state index contributed by atoms with van der Waals surface area (Å²) in [7, 11) is 1.47. The van der Waals surface area contributed by atoms with Crippen LogP contribution in [0.2, 0.25) is 0 Å². The normalized spacial score (nSPS) is 10.4. The van der Waals surface area contributed by atoms with E-state index in [1.165, 1.54) is 19.2 Å². The SMILES string of the molecule is COc1ccc(-c2c(OCc3ccccc3)ccnc2-c2ccc(C#N)c(F)c2)cc1O. The highest BCUT2D eigenvalue weighted by Crippen LogP contribution is 2.41. The molecule has 1 N–H and O–H groups in total. The molecule has 4 aromatic rings. The Morgan fingerprint density at radius 1 is 0.969 bits per heavy atom. The zero-order chi connectivity index (χ0) is 22.5. The van der Waals surface area contributed by atoms with E-state index < -0.39 is 5.82 Å². The van der Waals surface area contributed by atoms with Crippen LogP contribution in [0.5, 0.6) is 17.2 Å². The Kier molecular flexibility index (Phi) is 6.00. The van der Waals surface area contributed by atoms with Crippen LogP contribution in [0.25, 0.3) is 22.4 Å². The average Bonchev–Trinajstić information content (AvgIpc) is 2.83. The van der Waals surface area contributed by atoms with E-state index in [0.717, 1.165) is 5.56 Å². The van der Waals surface area contributed by atoms with Crippen LogP contribution in [-0.4, -0.2) is 17.2 Å². The van der Waals surface area contributed by atoms with Crippen LogP contribution in [0.1, 0.15) is 11.1 Å². The van der Waals surface area contributed by atoms with Crippen molar-refractivity contribution in [1.29, 1.82) is 5.26 Å². The van der Waals surface area contributed by atoms with Gasteiger partial charge in [0.05, 0.1) is 23.9 Å². The number of halogens is 1. The fraction of sp³-hybridized carbons (Fsp3) is 0.0769. The molecule has 6 heteroatoms. The second-order valence-electron chi connectivity index (χ2n) is 7.00. The molecule has 0 saturated carbocycles. The molecule has 158 valence electrons. The molecule has 4 rings (SSSR count). The fourth-order valence-corrected chi connectivity index (χ4v) is 3.40. The topological polar surface area (TPSA) is 75.4 Å². The number of nitriles is 1. The molecule has 0 atom stereocenters. The first-order valence-electron chi connectivity index (χ1n) is 9.84. The summed E-state index contributed by atoms with van der Waals surface area (Å²) in [5, 5.41) is 19.4. The van der Waals surface area contributed by atoms with Gasteiger partial charge < -0.3 is 14.6 Å². The smallest absolute Gasteiger partial charge is 0.160 e. The van der Waals surface area contributed by atoms with Gasteiger partial charge in [-0.1, -0.05) is 42.5 Å². The highest BCUT2D eigenvalue weighted by molar-refractivity contribution is 5.86.